The van der Waals surface area contributed by atoms with E-state index in [2.05, 4.69) is 31.3 Å². The topological polar surface area (TPSA) is 21.3 Å². The summed E-state index contributed by atoms with van der Waals surface area (Å²) in [6.45, 7) is 6.78. The minimum atomic E-state index is 0.474. The molecule has 0 heterocycles. The second kappa shape index (κ2) is 8.42. The molecule has 2 nitrogen and oxygen atoms in total. The molecule has 0 aromatic heterocycles. The van der Waals surface area contributed by atoms with Crippen molar-refractivity contribution in [3.05, 3.63) is 63.6 Å². The number of halogens is 2. The smallest absolute Gasteiger partial charge is 0.119 e. The zero-order valence-corrected chi connectivity index (χ0v) is 14.4. The predicted molar refractivity (Wildman–Crippen MR) is 93.8 cm³/mol. The predicted octanol–water partition coefficient (Wildman–Crippen LogP) is 5.32. The van der Waals surface area contributed by atoms with E-state index in [1.807, 2.05) is 24.3 Å². The molecule has 0 aliphatic heterocycles. The Balaban J connectivity index is 1.84. The zero-order valence-electron chi connectivity index (χ0n) is 12.9. The highest BCUT2D eigenvalue weighted by Crippen LogP contribution is 2.23. The number of hydrogen-bond acceptors (Lipinski definition) is 2. The van der Waals surface area contributed by atoms with E-state index >= 15 is 0 Å². The summed E-state index contributed by atoms with van der Waals surface area (Å²) >= 11 is 11.9. The van der Waals surface area contributed by atoms with Gasteiger partial charge in [-0.1, -0.05) is 55.2 Å². The largest absolute Gasteiger partial charge is 0.489 e. The van der Waals surface area contributed by atoms with E-state index in [0.717, 1.165) is 24.4 Å². The Morgan fingerprint density at radius 2 is 1.64 bits per heavy atom. The van der Waals surface area contributed by atoms with Crippen LogP contribution in [0.15, 0.2) is 42.5 Å². The van der Waals surface area contributed by atoms with Crippen LogP contribution in [-0.2, 0) is 13.2 Å². The Kier molecular flexibility index (Phi) is 6.56. The SMILES string of the molecule is CC(C)CNCc1ccc(OCc2ccc(Cl)c(Cl)c2)cc1. The number of ether oxygens (including phenoxy) is 1. The maximum Gasteiger partial charge on any atom is 0.119 e. The number of hydrogen-bond donors (Lipinski definition) is 1. The van der Waals surface area contributed by atoms with Gasteiger partial charge in [-0.15, -0.1) is 0 Å². The molecule has 0 spiro atoms. The third kappa shape index (κ3) is 5.53. The van der Waals surface area contributed by atoms with Crippen molar-refractivity contribution < 1.29 is 4.74 Å². The Labute approximate surface area is 142 Å². The highest BCUT2D eigenvalue weighted by Gasteiger charge is 2.01. The molecule has 0 aliphatic rings. The van der Waals surface area contributed by atoms with E-state index in [1.54, 1.807) is 6.07 Å². The van der Waals surface area contributed by atoms with Crippen molar-refractivity contribution in [2.45, 2.75) is 27.0 Å². The third-order valence-electron chi connectivity index (χ3n) is 3.19. The second-order valence-electron chi connectivity index (χ2n) is 5.71. The van der Waals surface area contributed by atoms with Gasteiger partial charge < -0.3 is 10.1 Å². The van der Waals surface area contributed by atoms with E-state index in [4.69, 9.17) is 27.9 Å². The molecule has 1 N–H and O–H groups in total. The van der Waals surface area contributed by atoms with E-state index in [-0.39, 0.29) is 0 Å². The van der Waals surface area contributed by atoms with E-state index < -0.39 is 0 Å². The molecule has 2 rings (SSSR count). The van der Waals surface area contributed by atoms with Crippen LogP contribution < -0.4 is 10.1 Å². The quantitative estimate of drug-likeness (QED) is 0.738. The van der Waals surface area contributed by atoms with Crippen LogP contribution in [0.25, 0.3) is 0 Å². The van der Waals surface area contributed by atoms with Crippen LogP contribution in [0.2, 0.25) is 10.0 Å². The van der Waals surface area contributed by atoms with Crippen LogP contribution in [0.3, 0.4) is 0 Å². The number of rotatable bonds is 7. The first-order valence-corrected chi connectivity index (χ1v) is 8.16. The Hall–Kier alpha value is -1.22. The molecule has 0 atom stereocenters. The molecule has 0 aliphatic carbocycles. The van der Waals surface area contributed by atoms with Crippen LogP contribution >= 0.6 is 23.2 Å². The van der Waals surface area contributed by atoms with E-state index in [1.165, 1.54) is 5.56 Å². The minimum absolute atomic E-state index is 0.474. The Morgan fingerprint density at radius 3 is 2.27 bits per heavy atom. The molecule has 0 unspecified atom stereocenters. The van der Waals surface area contributed by atoms with Gasteiger partial charge in [0, 0.05) is 6.54 Å². The van der Waals surface area contributed by atoms with Crippen molar-refractivity contribution in [1.29, 1.82) is 0 Å². The zero-order chi connectivity index (χ0) is 15.9. The van der Waals surface area contributed by atoms with Gasteiger partial charge in [0.15, 0.2) is 0 Å². The molecule has 0 radical (unpaired) electrons. The standard InChI is InChI=1S/C18H21Cl2NO/c1-13(2)10-21-11-14-3-6-16(7-4-14)22-12-15-5-8-17(19)18(20)9-15/h3-9,13,21H,10-12H2,1-2H3. The molecule has 0 amide bonds. The number of nitrogens with one attached hydrogen (secondary N) is 1. The molecule has 22 heavy (non-hydrogen) atoms. The van der Waals surface area contributed by atoms with Gasteiger partial charge in [-0.3, -0.25) is 0 Å². The van der Waals surface area contributed by atoms with Gasteiger partial charge in [-0.25, -0.2) is 0 Å². The average Bonchev–Trinajstić information content (AvgIpc) is 2.49. The maximum atomic E-state index is 5.99. The Morgan fingerprint density at radius 1 is 0.955 bits per heavy atom. The van der Waals surface area contributed by atoms with Crippen molar-refractivity contribution in [2.75, 3.05) is 6.54 Å². The molecular formula is C18H21Cl2NO. The van der Waals surface area contributed by atoms with Gasteiger partial charge in [0.05, 0.1) is 10.0 Å². The first kappa shape index (κ1) is 17.1. The lowest BCUT2D eigenvalue weighted by molar-refractivity contribution is 0.306. The summed E-state index contributed by atoms with van der Waals surface area (Å²) in [6, 6.07) is 13.7. The van der Waals surface area contributed by atoms with Gasteiger partial charge >= 0.3 is 0 Å². The van der Waals surface area contributed by atoms with Gasteiger partial charge in [-0.2, -0.15) is 0 Å². The summed E-state index contributed by atoms with van der Waals surface area (Å²) in [5.74, 6) is 1.51. The van der Waals surface area contributed by atoms with Gasteiger partial charge in [0.25, 0.3) is 0 Å². The van der Waals surface area contributed by atoms with Gasteiger partial charge in [-0.05, 0) is 47.9 Å². The van der Waals surface area contributed by atoms with Gasteiger partial charge in [0.1, 0.15) is 12.4 Å². The summed E-state index contributed by atoms with van der Waals surface area (Å²) in [6.07, 6.45) is 0. The molecule has 0 saturated heterocycles. The normalized spacial score (nSPS) is 11.0. The van der Waals surface area contributed by atoms with Crippen molar-refractivity contribution in [1.82, 2.24) is 5.32 Å². The highest BCUT2D eigenvalue weighted by molar-refractivity contribution is 6.42. The molecule has 0 fully saturated rings. The first-order valence-electron chi connectivity index (χ1n) is 7.41. The number of benzene rings is 2. The van der Waals surface area contributed by atoms with Crippen LogP contribution in [-0.4, -0.2) is 6.54 Å². The fraction of sp³-hybridized carbons (Fsp3) is 0.333. The van der Waals surface area contributed by atoms with Crippen molar-refractivity contribution in [3.63, 3.8) is 0 Å². The summed E-state index contributed by atoms with van der Waals surface area (Å²) < 4.78 is 5.76. The first-order chi connectivity index (χ1) is 10.5. The molecule has 0 saturated carbocycles. The second-order valence-corrected chi connectivity index (χ2v) is 6.52. The van der Waals surface area contributed by atoms with Crippen molar-refractivity contribution in [2.24, 2.45) is 5.92 Å². The van der Waals surface area contributed by atoms with Crippen LogP contribution in [0, 0.1) is 5.92 Å². The molecule has 2 aromatic rings. The average molecular weight is 338 g/mol. The lowest BCUT2D eigenvalue weighted by Crippen LogP contribution is -2.18. The molecule has 4 heteroatoms. The van der Waals surface area contributed by atoms with Crippen molar-refractivity contribution in [3.8, 4) is 5.75 Å². The fourth-order valence-electron chi connectivity index (χ4n) is 2.00. The molecular weight excluding hydrogens is 317 g/mol. The fourth-order valence-corrected chi connectivity index (χ4v) is 2.33. The van der Waals surface area contributed by atoms with Crippen LogP contribution in [0.4, 0.5) is 0 Å². The molecule has 2 aromatic carbocycles. The summed E-state index contributed by atoms with van der Waals surface area (Å²) in [5.41, 5.74) is 2.25. The maximum absolute atomic E-state index is 5.99. The van der Waals surface area contributed by atoms with Crippen LogP contribution in [0.1, 0.15) is 25.0 Å². The van der Waals surface area contributed by atoms with Gasteiger partial charge in [0.2, 0.25) is 0 Å². The highest BCUT2D eigenvalue weighted by atomic mass is 35.5. The summed E-state index contributed by atoms with van der Waals surface area (Å²) in [4.78, 5) is 0. The van der Waals surface area contributed by atoms with Crippen LogP contribution in [0.5, 0.6) is 5.75 Å². The minimum Gasteiger partial charge on any atom is -0.489 e. The molecule has 0 bridgehead atoms. The van der Waals surface area contributed by atoms with E-state index in [0.29, 0.717) is 22.6 Å². The lowest BCUT2D eigenvalue weighted by Gasteiger charge is -2.10. The van der Waals surface area contributed by atoms with Crippen molar-refractivity contribution >= 4 is 23.2 Å². The third-order valence-corrected chi connectivity index (χ3v) is 3.93. The summed E-state index contributed by atoms with van der Waals surface area (Å²) in [7, 11) is 0. The monoisotopic (exact) mass is 337 g/mol. The van der Waals surface area contributed by atoms with E-state index in [9.17, 15) is 0 Å². The Bertz CT molecular complexity index is 597. The summed E-state index contributed by atoms with van der Waals surface area (Å²) in [5, 5.41) is 4.53. The lowest BCUT2D eigenvalue weighted by atomic mass is 10.2. The molecule has 118 valence electrons.